The number of primary amides is 1. The van der Waals surface area contributed by atoms with Gasteiger partial charge in [-0.05, 0) is 98.2 Å². The van der Waals surface area contributed by atoms with Gasteiger partial charge >= 0.3 is 0 Å². The summed E-state index contributed by atoms with van der Waals surface area (Å²) in [6.07, 6.45) is 4.91. The van der Waals surface area contributed by atoms with Crippen LogP contribution in [0.3, 0.4) is 0 Å². The predicted octanol–water partition coefficient (Wildman–Crippen LogP) is 5.09. The monoisotopic (exact) mass is 515 g/mol. The molecule has 0 radical (unpaired) electrons. The molecule has 1 aliphatic carbocycles. The van der Waals surface area contributed by atoms with Crippen LogP contribution < -0.4 is 15.8 Å². The average molecular weight is 516 g/mol. The van der Waals surface area contributed by atoms with Gasteiger partial charge in [0.05, 0.1) is 10.3 Å². The van der Waals surface area contributed by atoms with E-state index in [0.29, 0.717) is 37.6 Å². The number of nitrogens with one attached hydrogen (secondary N) is 2. The number of nitrogens with two attached hydrogens (primary N) is 1. The zero-order chi connectivity index (χ0) is 26.1. The zero-order valence-corrected chi connectivity index (χ0v) is 22.2. The van der Waals surface area contributed by atoms with E-state index in [2.05, 4.69) is 23.9 Å². The minimum absolute atomic E-state index is 0.194. The van der Waals surface area contributed by atoms with Gasteiger partial charge in [0, 0.05) is 17.8 Å². The molecule has 0 saturated heterocycles. The van der Waals surface area contributed by atoms with E-state index in [0.717, 1.165) is 36.1 Å². The van der Waals surface area contributed by atoms with Crippen molar-refractivity contribution in [3.8, 4) is 0 Å². The normalized spacial score (nSPS) is 25.1. The van der Waals surface area contributed by atoms with E-state index in [1.165, 1.54) is 12.1 Å². The van der Waals surface area contributed by atoms with Crippen LogP contribution in [0.15, 0.2) is 47.4 Å². The van der Waals surface area contributed by atoms with Crippen molar-refractivity contribution in [1.82, 2.24) is 4.72 Å². The molecule has 2 aromatic rings. The first-order valence-corrected chi connectivity index (χ1v) is 14.5. The first-order valence-electron chi connectivity index (χ1n) is 13.0. The molecule has 8 heteroatoms. The van der Waals surface area contributed by atoms with Crippen LogP contribution in [0.1, 0.15) is 76.3 Å². The maximum atomic E-state index is 13.4. The van der Waals surface area contributed by atoms with Crippen molar-refractivity contribution in [2.45, 2.75) is 88.6 Å². The number of hydrogen-bond donors (Lipinski definition) is 3. The van der Waals surface area contributed by atoms with Crippen molar-refractivity contribution in [2.24, 2.45) is 17.1 Å². The number of sulfonamides is 1. The van der Waals surface area contributed by atoms with Gasteiger partial charge < -0.3 is 11.1 Å². The first-order chi connectivity index (χ1) is 17.0. The van der Waals surface area contributed by atoms with Crippen LogP contribution in [0.4, 0.5) is 10.1 Å². The summed E-state index contributed by atoms with van der Waals surface area (Å²) >= 11 is 0. The van der Waals surface area contributed by atoms with E-state index in [1.807, 2.05) is 13.0 Å². The lowest BCUT2D eigenvalue weighted by atomic mass is 9.63. The lowest BCUT2D eigenvalue weighted by molar-refractivity contribution is -0.131. The smallest absolute Gasteiger partial charge is 0.240 e. The number of carbonyl (C=O) groups is 1. The second-order valence-electron chi connectivity index (χ2n) is 11.0. The summed E-state index contributed by atoms with van der Waals surface area (Å²) in [5.74, 6) is -0.305. The molecule has 1 aliphatic heterocycles. The van der Waals surface area contributed by atoms with Crippen LogP contribution >= 0.6 is 0 Å². The summed E-state index contributed by atoms with van der Waals surface area (Å²) < 4.78 is 42.7. The number of aryl methyl sites for hydroxylation is 1. The van der Waals surface area contributed by atoms with Gasteiger partial charge in [0.1, 0.15) is 5.82 Å². The Hall–Kier alpha value is -2.45. The summed E-state index contributed by atoms with van der Waals surface area (Å²) in [4.78, 5) is 12.9. The number of rotatable bonds is 8. The van der Waals surface area contributed by atoms with Crippen LogP contribution in [0.5, 0.6) is 0 Å². The van der Waals surface area contributed by atoms with Gasteiger partial charge in [0.2, 0.25) is 15.9 Å². The Bertz CT molecular complexity index is 1190. The fourth-order valence-corrected chi connectivity index (χ4v) is 7.31. The maximum absolute atomic E-state index is 13.4. The Morgan fingerprint density at radius 2 is 1.78 bits per heavy atom. The number of benzene rings is 2. The second-order valence-corrected chi connectivity index (χ2v) is 12.7. The molecule has 1 saturated carbocycles. The van der Waals surface area contributed by atoms with E-state index < -0.39 is 21.3 Å². The molecule has 1 heterocycles. The van der Waals surface area contributed by atoms with Gasteiger partial charge in [-0.15, -0.1) is 0 Å². The molecule has 6 nitrogen and oxygen atoms in total. The van der Waals surface area contributed by atoms with Crippen molar-refractivity contribution < 1.29 is 17.6 Å². The minimum Gasteiger partial charge on any atom is -0.382 e. The second kappa shape index (κ2) is 10.5. The summed E-state index contributed by atoms with van der Waals surface area (Å²) in [6.45, 7) is 6.36. The summed E-state index contributed by atoms with van der Waals surface area (Å²) in [5, 5.41) is 3.56. The van der Waals surface area contributed by atoms with E-state index in [9.17, 15) is 17.6 Å². The van der Waals surface area contributed by atoms with E-state index >= 15 is 0 Å². The van der Waals surface area contributed by atoms with Crippen LogP contribution in [0.25, 0.3) is 0 Å². The number of fused-ring (bicyclic) bond motifs is 1. The lowest BCUT2D eigenvalue weighted by Gasteiger charge is -2.42. The molecule has 1 amide bonds. The molecule has 0 aromatic heterocycles. The third-order valence-electron chi connectivity index (χ3n) is 8.15. The number of carbonyl (C=O) groups excluding carboxylic acids is 1. The molecule has 2 aliphatic rings. The summed E-state index contributed by atoms with van der Waals surface area (Å²) in [6, 6.07) is 11.6. The molecular formula is C28H38FN3O3S. The topological polar surface area (TPSA) is 101 Å². The zero-order valence-electron chi connectivity index (χ0n) is 21.4. The lowest BCUT2D eigenvalue weighted by Crippen LogP contribution is -2.48. The quantitative estimate of drug-likeness (QED) is 0.456. The highest BCUT2D eigenvalue weighted by Gasteiger charge is 2.45. The molecule has 0 bridgehead atoms. The number of amides is 1. The van der Waals surface area contributed by atoms with Gasteiger partial charge in [0.15, 0.2) is 0 Å². The summed E-state index contributed by atoms with van der Waals surface area (Å²) in [5.41, 5.74) is 7.99. The Labute approximate surface area is 214 Å². The Morgan fingerprint density at radius 1 is 1.11 bits per heavy atom. The highest BCUT2D eigenvalue weighted by Crippen LogP contribution is 2.47. The minimum atomic E-state index is -3.70. The number of anilines is 1. The van der Waals surface area contributed by atoms with Crippen molar-refractivity contribution in [3.05, 3.63) is 59.4 Å². The van der Waals surface area contributed by atoms with Crippen molar-refractivity contribution in [2.75, 3.05) is 5.32 Å². The number of halogens is 1. The molecule has 1 unspecified atom stereocenters. The van der Waals surface area contributed by atoms with Gasteiger partial charge in [-0.2, -0.15) is 0 Å². The average Bonchev–Trinajstić information content (AvgIpc) is 2.83. The van der Waals surface area contributed by atoms with Crippen molar-refractivity contribution in [1.29, 1.82) is 0 Å². The number of hydrogen-bond acceptors (Lipinski definition) is 4. The third-order valence-corrected chi connectivity index (χ3v) is 9.67. The molecule has 36 heavy (non-hydrogen) atoms. The van der Waals surface area contributed by atoms with Gasteiger partial charge in [0.25, 0.3) is 0 Å². The summed E-state index contributed by atoms with van der Waals surface area (Å²) in [7, 11) is -3.70. The highest BCUT2D eigenvalue weighted by molar-refractivity contribution is 7.89. The molecule has 4 N–H and O–H groups in total. The van der Waals surface area contributed by atoms with E-state index in [-0.39, 0.29) is 22.7 Å². The Morgan fingerprint density at radius 3 is 2.39 bits per heavy atom. The van der Waals surface area contributed by atoms with Crippen LogP contribution in [-0.4, -0.2) is 26.4 Å². The van der Waals surface area contributed by atoms with E-state index in [1.54, 1.807) is 24.3 Å². The van der Waals surface area contributed by atoms with Gasteiger partial charge in [-0.3, -0.25) is 4.79 Å². The highest BCUT2D eigenvalue weighted by atomic mass is 32.2. The van der Waals surface area contributed by atoms with E-state index in [4.69, 9.17) is 5.73 Å². The molecule has 2 atom stereocenters. The van der Waals surface area contributed by atoms with Crippen molar-refractivity contribution in [3.63, 3.8) is 0 Å². The fraction of sp³-hybridized carbons (Fsp3) is 0.536. The maximum Gasteiger partial charge on any atom is 0.240 e. The molecule has 2 aromatic carbocycles. The standard InChI is InChI=1S/C28H38FN3O3S/c1-18(2)16-24-9-6-21-17-25(10-11-26(21)31-24)36(34,35)32-23-12-14-28(15-13-23,27(30)33)19(3)20-4-7-22(29)8-5-20/h4-5,7-8,10-11,17-19,23-24,31-32H,6,9,12-16H2,1-3H3,(H2,30,33)/t19-,23?,24?,28?/m1/s1. The molecule has 196 valence electrons. The Balaban J connectivity index is 1.43. The Kier molecular flexibility index (Phi) is 7.76. The predicted molar refractivity (Wildman–Crippen MR) is 141 cm³/mol. The molecular weight excluding hydrogens is 477 g/mol. The van der Waals surface area contributed by atoms with Crippen LogP contribution in [-0.2, 0) is 21.2 Å². The fourth-order valence-electron chi connectivity index (χ4n) is 5.95. The van der Waals surface area contributed by atoms with Crippen LogP contribution in [0, 0.1) is 17.2 Å². The van der Waals surface area contributed by atoms with Gasteiger partial charge in [-0.1, -0.05) is 32.9 Å². The molecule has 1 fully saturated rings. The van der Waals surface area contributed by atoms with Crippen LogP contribution in [0.2, 0.25) is 0 Å². The first kappa shape index (κ1) is 26.6. The SMILES string of the molecule is CC(C)CC1CCc2cc(S(=O)(=O)NC3CCC(C(N)=O)([C@H](C)c4ccc(F)cc4)CC3)ccc2N1. The molecule has 0 spiro atoms. The largest absolute Gasteiger partial charge is 0.382 e. The van der Waals surface area contributed by atoms with Crippen molar-refractivity contribution >= 4 is 21.6 Å². The molecule has 4 rings (SSSR count). The third kappa shape index (κ3) is 5.59. The van der Waals surface area contributed by atoms with Gasteiger partial charge in [-0.25, -0.2) is 17.5 Å².